The molecule has 0 amide bonds. The van der Waals surface area contributed by atoms with Crippen molar-refractivity contribution in [3.8, 4) is 11.3 Å². The normalized spacial score (nSPS) is 10.4. The number of hydrogen-bond acceptors (Lipinski definition) is 2. The Hall–Kier alpha value is -1.81. The van der Waals surface area contributed by atoms with E-state index in [4.69, 9.17) is 11.6 Å². The van der Waals surface area contributed by atoms with Crippen LogP contribution in [0.1, 0.15) is 5.56 Å². The van der Waals surface area contributed by atoms with Gasteiger partial charge in [0.05, 0.1) is 5.69 Å². The molecule has 2 aromatic rings. The Morgan fingerprint density at radius 3 is 2.31 bits per heavy atom. The maximum Gasteiger partial charge on any atom is 0.326 e. The molecule has 0 aliphatic carbocycles. The molecule has 1 aromatic carbocycles. The highest BCUT2D eigenvalue weighted by Crippen LogP contribution is 2.19. The van der Waals surface area contributed by atoms with Crippen molar-refractivity contribution in [2.45, 2.75) is 6.92 Å². The molecule has 1 aromatic heterocycles. The molecule has 0 unspecified atom stereocenters. The van der Waals surface area contributed by atoms with Crippen LogP contribution >= 0.6 is 11.6 Å². The highest BCUT2D eigenvalue weighted by Gasteiger charge is 2.06. The van der Waals surface area contributed by atoms with E-state index < -0.39 is 5.69 Å². The molecular formula is C11H9ClN2O2. The fourth-order valence-electron chi connectivity index (χ4n) is 1.45. The molecule has 0 atom stereocenters. The van der Waals surface area contributed by atoms with Gasteiger partial charge < -0.3 is 4.98 Å². The van der Waals surface area contributed by atoms with Gasteiger partial charge in [0.25, 0.3) is 5.56 Å². The third-order valence-electron chi connectivity index (χ3n) is 2.31. The van der Waals surface area contributed by atoms with Gasteiger partial charge in [-0.25, -0.2) is 4.79 Å². The van der Waals surface area contributed by atoms with Crippen LogP contribution in [0.4, 0.5) is 0 Å². The van der Waals surface area contributed by atoms with E-state index in [0.29, 0.717) is 16.3 Å². The topological polar surface area (TPSA) is 65.7 Å². The predicted molar refractivity (Wildman–Crippen MR) is 62.9 cm³/mol. The van der Waals surface area contributed by atoms with Crippen LogP contribution in [0.25, 0.3) is 11.3 Å². The number of hydrogen-bond donors (Lipinski definition) is 2. The molecule has 4 nitrogen and oxygen atoms in total. The first-order chi connectivity index (χ1) is 7.58. The number of aromatic nitrogens is 2. The van der Waals surface area contributed by atoms with Crippen LogP contribution in [-0.4, -0.2) is 9.97 Å². The Bertz CT molecular complexity index is 626. The second-order valence-electron chi connectivity index (χ2n) is 3.42. The van der Waals surface area contributed by atoms with Crippen molar-refractivity contribution >= 4 is 11.6 Å². The van der Waals surface area contributed by atoms with Gasteiger partial charge in [-0.2, -0.15) is 0 Å². The fourth-order valence-corrected chi connectivity index (χ4v) is 1.58. The number of H-pyrrole nitrogens is 2. The summed E-state index contributed by atoms with van der Waals surface area (Å²) in [5.74, 6) is 0. The minimum atomic E-state index is -0.513. The van der Waals surface area contributed by atoms with Gasteiger partial charge in [-0.1, -0.05) is 23.7 Å². The Balaban J connectivity index is 2.69. The highest BCUT2D eigenvalue weighted by atomic mass is 35.5. The zero-order valence-corrected chi connectivity index (χ0v) is 9.26. The molecule has 2 N–H and O–H groups in total. The van der Waals surface area contributed by atoms with Crippen LogP contribution in [0, 0.1) is 6.92 Å². The Morgan fingerprint density at radius 1 is 1.06 bits per heavy atom. The largest absolute Gasteiger partial charge is 0.326 e. The molecule has 16 heavy (non-hydrogen) atoms. The number of benzene rings is 1. The van der Waals surface area contributed by atoms with E-state index in [2.05, 4.69) is 9.97 Å². The van der Waals surface area contributed by atoms with E-state index >= 15 is 0 Å². The van der Waals surface area contributed by atoms with Crippen molar-refractivity contribution in [3.05, 3.63) is 55.7 Å². The molecule has 2 rings (SSSR count). The molecule has 0 fully saturated rings. The monoisotopic (exact) mass is 236 g/mol. The van der Waals surface area contributed by atoms with E-state index in [0.717, 1.165) is 5.56 Å². The molecule has 0 saturated carbocycles. The molecule has 0 bridgehead atoms. The molecule has 0 aliphatic rings. The lowest BCUT2D eigenvalue weighted by Gasteiger charge is -2.04. The minimum Gasteiger partial charge on any atom is -0.307 e. The molecule has 1 heterocycles. The van der Waals surface area contributed by atoms with E-state index in [1.54, 1.807) is 31.2 Å². The fraction of sp³-hybridized carbons (Fsp3) is 0.0909. The van der Waals surface area contributed by atoms with Gasteiger partial charge in [0.2, 0.25) is 0 Å². The van der Waals surface area contributed by atoms with Gasteiger partial charge in [-0.3, -0.25) is 9.78 Å². The SMILES string of the molecule is Cc1c(-c2ccc(Cl)cc2)[nH]c(=O)[nH]c1=O. The van der Waals surface area contributed by atoms with Crippen LogP contribution in [0.5, 0.6) is 0 Å². The number of nitrogens with one attached hydrogen (secondary N) is 2. The lowest BCUT2D eigenvalue weighted by Crippen LogP contribution is -2.24. The summed E-state index contributed by atoms with van der Waals surface area (Å²) in [6, 6.07) is 6.91. The quantitative estimate of drug-likeness (QED) is 0.791. The Kier molecular flexibility index (Phi) is 2.66. The number of halogens is 1. The predicted octanol–water partition coefficient (Wildman–Crippen LogP) is 1.69. The van der Waals surface area contributed by atoms with Gasteiger partial charge in [-0.15, -0.1) is 0 Å². The van der Waals surface area contributed by atoms with Gasteiger partial charge >= 0.3 is 5.69 Å². The van der Waals surface area contributed by atoms with Crippen LogP contribution in [0.3, 0.4) is 0 Å². The second-order valence-corrected chi connectivity index (χ2v) is 3.85. The van der Waals surface area contributed by atoms with Crippen LogP contribution in [-0.2, 0) is 0 Å². The van der Waals surface area contributed by atoms with Crippen LogP contribution in [0.15, 0.2) is 33.9 Å². The Labute approximate surface area is 95.9 Å². The summed E-state index contributed by atoms with van der Waals surface area (Å²) in [5.41, 5.74) is 0.853. The number of aromatic amines is 2. The maximum atomic E-state index is 11.4. The number of rotatable bonds is 1. The zero-order chi connectivity index (χ0) is 11.7. The van der Waals surface area contributed by atoms with Gasteiger partial charge in [-0.05, 0) is 24.6 Å². The summed E-state index contributed by atoms with van der Waals surface area (Å²) >= 11 is 5.76. The molecule has 0 spiro atoms. The smallest absolute Gasteiger partial charge is 0.307 e. The lowest BCUT2D eigenvalue weighted by atomic mass is 10.1. The van der Waals surface area contributed by atoms with Crippen molar-refractivity contribution in [1.29, 1.82) is 0 Å². The van der Waals surface area contributed by atoms with Crippen LogP contribution < -0.4 is 11.2 Å². The molecule has 82 valence electrons. The van der Waals surface area contributed by atoms with Crippen LogP contribution in [0.2, 0.25) is 5.02 Å². The lowest BCUT2D eigenvalue weighted by molar-refractivity contribution is 1.01. The molecular weight excluding hydrogens is 228 g/mol. The third-order valence-corrected chi connectivity index (χ3v) is 2.57. The van der Waals surface area contributed by atoms with E-state index in [1.807, 2.05) is 0 Å². The molecule has 0 aliphatic heterocycles. The summed E-state index contributed by atoms with van der Waals surface area (Å²) in [4.78, 5) is 27.3. The Morgan fingerprint density at radius 2 is 1.69 bits per heavy atom. The average molecular weight is 237 g/mol. The van der Waals surface area contributed by atoms with Crippen molar-refractivity contribution in [2.75, 3.05) is 0 Å². The summed E-state index contributed by atoms with van der Waals surface area (Å²) in [5, 5.41) is 0.605. The standard InChI is InChI=1S/C11H9ClN2O2/c1-6-9(13-11(16)14-10(6)15)7-2-4-8(12)5-3-7/h2-5H,1H3,(H2,13,14,15,16). The van der Waals surface area contributed by atoms with Gasteiger partial charge in [0, 0.05) is 10.6 Å². The first-order valence-electron chi connectivity index (χ1n) is 4.67. The van der Waals surface area contributed by atoms with Crippen molar-refractivity contribution < 1.29 is 0 Å². The summed E-state index contributed by atoms with van der Waals surface area (Å²) < 4.78 is 0. The average Bonchev–Trinajstić information content (AvgIpc) is 2.25. The summed E-state index contributed by atoms with van der Waals surface area (Å²) in [7, 11) is 0. The summed E-state index contributed by atoms with van der Waals surface area (Å²) in [6.07, 6.45) is 0. The van der Waals surface area contributed by atoms with Gasteiger partial charge in [0.1, 0.15) is 0 Å². The third kappa shape index (κ3) is 1.92. The second kappa shape index (κ2) is 3.98. The van der Waals surface area contributed by atoms with Crippen molar-refractivity contribution in [2.24, 2.45) is 0 Å². The van der Waals surface area contributed by atoms with Gasteiger partial charge in [0.15, 0.2) is 0 Å². The van der Waals surface area contributed by atoms with E-state index in [-0.39, 0.29) is 5.56 Å². The summed E-state index contributed by atoms with van der Waals surface area (Å²) in [6.45, 7) is 1.65. The minimum absolute atomic E-state index is 0.381. The molecule has 5 heteroatoms. The first kappa shape index (κ1) is 10.7. The van der Waals surface area contributed by atoms with Crippen molar-refractivity contribution in [3.63, 3.8) is 0 Å². The first-order valence-corrected chi connectivity index (χ1v) is 5.05. The van der Waals surface area contributed by atoms with E-state index in [9.17, 15) is 9.59 Å². The maximum absolute atomic E-state index is 11.4. The van der Waals surface area contributed by atoms with Crippen molar-refractivity contribution in [1.82, 2.24) is 9.97 Å². The highest BCUT2D eigenvalue weighted by molar-refractivity contribution is 6.30. The molecule has 0 radical (unpaired) electrons. The molecule has 0 saturated heterocycles. The zero-order valence-electron chi connectivity index (χ0n) is 8.50. The van der Waals surface area contributed by atoms with E-state index in [1.165, 1.54) is 0 Å².